The van der Waals surface area contributed by atoms with Gasteiger partial charge in [-0.15, -0.1) is 5.10 Å². The van der Waals surface area contributed by atoms with Crippen molar-refractivity contribution >= 4 is 27.4 Å². The Kier molecular flexibility index (Phi) is 5.03. The van der Waals surface area contributed by atoms with E-state index < -0.39 is 0 Å². The molecule has 0 bridgehead atoms. The van der Waals surface area contributed by atoms with Gasteiger partial charge in [0, 0.05) is 34.4 Å². The van der Waals surface area contributed by atoms with Crippen LogP contribution in [0.2, 0.25) is 0 Å². The first-order valence-corrected chi connectivity index (χ1v) is 12.2. The van der Waals surface area contributed by atoms with Crippen LogP contribution in [0.5, 0.6) is 11.6 Å². The normalized spacial score (nSPS) is 18.7. The highest BCUT2D eigenvalue weighted by Crippen LogP contribution is 2.50. The van der Waals surface area contributed by atoms with Gasteiger partial charge >= 0.3 is 0 Å². The Hall–Kier alpha value is -3.52. The predicted molar refractivity (Wildman–Crippen MR) is 134 cm³/mol. The lowest BCUT2D eigenvalue weighted by molar-refractivity contribution is -0.118. The third kappa shape index (κ3) is 3.63. The van der Waals surface area contributed by atoms with Crippen molar-refractivity contribution in [3.63, 3.8) is 0 Å². The predicted octanol–water partition coefficient (Wildman–Crippen LogP) is 5.73. The summed E-state index contributed by atoms with van der Waals surface area (Å²) < 4.78 is 14.2. The van der Waals surface area contributed by atoms with Crippen molar-refractivity contribution < 1.29 is 14.3 Å². The van der Waals surface area contributed by atoms with E-state index >= 15 is 0 Å². The molecule has 1 atom stereocenters. The summed E-state index contributed by atoms with van der Waals surface area (Å²) in [6.07, 6.45) is 2.75. The van der Waals surface area contributed by atoms with Crippen LogP contribution in [0.4, 0.5) is 0 Å². The standard InChI is InChI=1S/C27H23BrN4O3/c1-27(2)12-19(33)22-20(13-27)35-26-23(21(22)15-8-10-16(34-3)11-9-15)25-30-24(31-32(25)14-29-26)17-6-4-5-7-18(17)28/h4-11,14,21H,12-13H2,1-3H3/t21-/m1/s1. The summed E-state index contributed by atoms with van der Waals surface area (Å²) >= 11 is 3.60. The van der Waals surface area contributed by atoms with Gasteiger partial charge in [0.25, 0.3) is 0 Å². The molecule has 0 unspecified atom stereocenters. The van der Waals surface area contributed by atoms with E-state index in [-0.39, 0.29) is 17.1 Å². The number of ether oxygens (including phenoxy) is 2. The number of carbonyl (C=O) groups excluding carboxylic acids is 1. The number of benzene rings is 2. The van der Waals surface area contributed by atoms with Crippen molar-refractivity contribution in [3.8, 4) is 23.0 Å². The lowest BCUT2D eigenvalue weighted by atomic mass is 9.70. The molecule has 0 radical (unpaired) electrons. The lowest BCUT2D eigenvalue weighted by Gasteiger charge is -2.37. The molecule has 0 saturated heterocycles. The molecule has 3 heterocycles. The first-order valence-electron chi connectivity index (χ1n) is 11.4. The van der Waals surface area contributed by atoms with Crippen molar-refractivity contribution in [1.82, 2.24) is 19.6 Å². The number of nitrogens with zero attached hydrogens (tertiary/aromatic N) is 4. The van der Waals surface area contributed by atoms with Crippen LogP contribution in [0, 0.1) is 5.41 Å². The summed E-state index contributed by atoms with van der Waals surface area (Å²) in [5, 5.41) is 4.69. The molecule has 2 aliphatic rings. The van der Waals surface area contributed by atoms with Gasteiger partial charge in [-0.1, -0.05) is 54.0 Å². The highest BCUT2D eigenvalue weighted by molar-refractivity contribution is 9.10. The SMILES string of the molecule is COc1ccc([C@@H]2C3=C(CC(C)(C)CC3=O)Oc3ncn4nc(-c5ccccc5Br)nc4c32)cc1. The maximum Gasteiger partial charge on any atom is 0.228 e. The topological polar surface area (TPSA) is 78.6 Å². The number of Topliss-reactive ketones (excluding diaryl/α,β-unsaturated/α-hetero) is 1. The van der Waals surface area contributed by atoms with E-state index in [2.05, 4.69) is 34.8 Å². The van der Waals surface area contributed by atoms with Gasteiger partial charge in [0.2, 0.25) is 5.88 Å². The maximum atomic E-state index is 13.5. The van der Waals surface area contributed by atoms with Crippen LogP contribution < -0.4 is 9.47 Å². The third-order valence-corrected chi connectivity index (χ3v) is 7.32. The van der Waals surface area contributed by atoms with E-state index in [1.54, 1.807) is 18.0 Å². The molecule has 6 rings (SSSR count). The summed E-state index contributed by atoms with van der Waals surface area (Å²) in [7, 11) is 1.64. The van der Waals surface area contributed by atoms with Crippen LogP contribution >= 0.6 is 15.9 Å². The van der Waals surface area contributed by atoms with Crippen molar-refractivity contribution in [2.45, 2.75) is 32.6 Å². The van der Waals surface area contributed by atoms with Gasteiger partial charge in [-0.2, -0.15) is 0 Å². The van der Waals surface area contributed by atoms with Gasteiger partial charge in [0.05, 0.1) is 12.7 Å². The second-order valence-corrected chi connectivity index (χ2v) is 10.6. The Bertz CT molecular complexity index is 1520. The van der Waals surface area contributed by atoms with Gasteiger partial charge in [0.15, 0.2) is 17.3 Å². The van der Waals surface area contributed by atoms with Crippen LogP contribution in [0.1, 0.15) is 43.7 Å². The van der Waals surface area contributed by atoms with E-state index in [1.807, 2.05) is 48.5 Å². The number of ketones is 1. The van der Waals surface area contributed by atoms with Crippen LogP contribution in [-0.4, -0.2) is 32.5 Å². The average Bonchev–Trinajstić information content (AvgIpc) is 3.26. The molecule has 0 amide bonds. The number of fused-ring (bicyclic) bond motifs is 3. The quantitative estimate of drug-likeness (QED) is 0.336. The van der Waals surface area contributed by atoms with Gasteiger partial charge < -0.3 is 9.47 Å². The Morgan fingerprint density at radius 3 is 2.63 bits per heavy atom. The number of allylic oxidation sites excluding steroid dienone is 2. The Balaban J connectivity index is 1.60. The monoisotopic (exact) mass is 530 g/mol. The van der Waals surface area contributed by atoms with Gasteiger partial charge in [-0.05, 0) is 35.2 Å². The minimum Gasteiger partial charge on any atom is -0.497 e. The van der Waals surface area contributed by atoms with Crippen LogP contribution in [0.3, 0.4) is 0 Å². The van der Waals surface area contributed by atoms with Crippen molar-refractivity contribution in [3.05, 3.63) is 81.8 Å². The second-order valence-electron chi connectivity index (χ2n) is 9.73. The molecular formula is C27H23BrN4O3. The van der Waals surface area contributed by atoms with E-state index in [0.29, 0.717) is 41.5 Å². The molecule has 4 aromatic rings. The first kappa shape index (κ1) is 22.0. The number of hydrogen-bond donors (Lipinski definition) is 0. The molecule has 35 heavy (non-hydrogen) atoms. The molecule has 7 nitrogen and oxygen atoms in total. The molecular weight excluding hydrogens is 508 g/mol. The molecule has 2 aromatic carbocycles. The Morgan fingerprint density at radius 2 is 1.89 bits per heavy atom. The van der Waals surface area contributed by atoms with Crippen molar-refractivity contribution in [2.75, 3.05) is 7.11 Å². The smallest absolute Gasteiger partial charge is 0.228 e. The largest absolute Gasteiger partial charge is 0.497 e. The zero-order valence-electron chi connectivity index (χ0n) is 19.6. The molecule has 1 aliphatic carbocycles. The second kappa shape index (κ2) is 8.02. The van der Waals surface area contributed by atoms with Crippen LogP contribution in [0.25, 0.3) is 17.0 Å². The molecule has 0 fully saturated rings. The van der Waals surface area contributed by atoms with Gasteiger partial charge in [0.1, 0.15) is 17.8 Å². The number of carbonyl (C=O) groups is 1. The summed E-state index contributed by atoms with van der Waals surface area (Å²) in [6.45, 7) is 4.18. The summed E-state index contributed by atoms with van der Waals surface area (Å²) in [6, 6.07) is 15.6. The highest BCUT2D eigenvalue weighted by atomic mass is 79.9. The summed E-state index contributed by atoms with van der Waals surface area (Å²) in [4.78, 5) is 23.0. The summed E-state index contributed by atoms with van der Waals surface area (Å²) in [5.74, 6) is 2.21. The number of rotatable bonds is 3. The van der Waals surface area contributed by atoms with E-state index in [1.165, 1.54) is 0 Å². The fraction of sp³-hybridized carbons (Fsp3) is 0.259. The maximum absolute atomic E-state index is 13.5. The molecule has 0 N–H and O–H groups in total. The average molecular weight is 531 g/mol. The van der Waals surface area contributed by atoms with E-state index in [0.717, 1.165) is 26.9 Å². The number of halogens is 1. The van der Waals surface area contributed by atoms with Crippen molar-refractivity contribution in [2.24, 2.45) is 5.41 Å². The highest BCUT2D eigenvalue weighted by Gasteiger charge is 2.44. The fourth-order valence-corrected chi connectivity index (χ4v) is 5.49. The zero-order valence-corrected chi connectivity index (χ0v) is 21.2. The van der Waals surface area contributed by atoms with Gasteiger partial charge in [-0.3, -0.25) is 4.79 Å². The number of hydrogen-bond acceptors (Lipinski definition) is 6. The molecule has 0 spiro atoms. The molecule has 1 aliphatic heterocycles. The Morgan fingerprint density at radius 1 is 1.11 bits per heavy atom. The molecule has 2 aromatic heterocycles. The molecule has 176 valence electrons. The third-order valence-electron chi connectivity index (χ3n) is 6.63. The zero-order chi connectivity index (χ0) is 24.3. The van der Waals surface area contributed by atoms with Crippen molar-refractivity contribution in [1.29, 1.82) is 0 Å². The van der Waals surface area contributed by atoms with E-state index in [4.69, 9.17) is 19.6 Å². The first-order chi connectivity index (χ1) is 16.8. The van der Waals surface area contributed by atoms with E-state index in [9.17, 15) is 4.79 Å². The Labute approximate surface area is 210 Å². The fourth-order valence-electron chi connectivity index (χ4n) is 5.03. The molecule has 0 saturated carbocycles. The minimum absolute atomic E-state index is 0.0928. The minimum atomic E-state index is -0.365. The summed E-state index contributed by atoms with van der Waals surface area (Å²) in [5.41, 5.74) is 3.70. The van der Waals surface area contributed by atoms with Crippen LogP contribution in [0.15, 0.2) is 70.7 Å². The van der Waals surface area contributed by atoms with Gasteiger partial charge in [-0.25, -0.2) is 14.5 Å². The molecule has 8 heteroatoms. The number of methoxy groups -OCH3 is 1. The number of aromatic nitrogens is 4. The van der Waals surface area contributed by atoms with Crippen LogP contribution in [-0.2, 0) is 4.79 Å². The lowest BCUT2D eigenvalue weighted by Crippen LogP contribution is -2.33.